The summed E-state index contributed by atoms with van der Waals surface area (Å²) < 4.78 is 97.4. The summed E-state index contributed by atoms with van der Waals surface area (Å²) in [4.78, 5) is 16.2. The van der Waals surface area contributed by atoms with Crippen molar-refractivity contribution < 1.29 is 40.3 Å². The topological polar surface area (TPSA) is 56.2 Å². The second-order valence-corrected chi connectivity index (χ2v) is 8.10. The zero-order valence-corrected chi connectivity index (χ0v) is 19.2. The van der Waals surface area contributed by atoms with Gasteiger partial charge in [0.1, 0.15) is 17.2 Å². The van der Waals surface area contributed by atoms with Crippen LogP contribution in [0.25, 0.3) is 16.8 Å². The maximum Gasteiger partial charge on any atom is 0.459 e. The maximum atomic E-state index is 13.6. The Labute approximate surface area is 211 Å². The number of para-hydroxylation sites is 1. The number of nitrogens with zero attached hydrogens (tertiary/aromatic N) is 2. The molecule has 0 saturated heterocycles. The number of carbonyl (C=O) groups excluding carboxylic acids is 1. The van der Waals surface area contributed by atoms with Crippen LogP contribution in [0.3, 0.4) is 0 Å². The van der Waals surface area contributed by atoms with Crippen molar-refractivity contribution >= 4 is 5.91 Å². The summed E-state index contributed by atoms with van der Waals surface area (Å²) in [5.74, 6) is -12.0. The number of alkyl halides is 7. The first-order valence-corrected chi connectivity index (χ1v) is 11.0. The molecule has 0 saturated carbocycles. The molecule has 0 fully saturated rings. The molecule has 1 aromatic heterocycles. The lowest BCUT2D eigenvalue weighted by atomic mass is 10.0. The zero-order chi connectivity index (χ0) is 27.6. The van der Waals surface area contributed by atoms with Gasteiger partial charge in [0.05, 0.1) is 19.1 Å². The molecule has 198 valence electrons. The zero-order valence-electron chi connectivity index (χ0n) is 19.2. The second kappa shape index (κ2) is 10.2. The van der Waals surface area contributed by atoms with E-state index >= 15 is 0 Å². The molecule has 1 amide bonds. The van der Waals surface area contributed by atoms with E-state index in [4.69, 9.17) is 4.74 Å². The number of ether oxygens (including phenoxy) is 1. The van der Waals surface area contributed by atoms with Crippen LogP contribution in [0.15, 0.2) is 91.4 Å². The van der Waals surface area contributed by atoms with Crippen molar-refractivity contribution in [3.05, 3.63) is 97.1 Å². The molecule has 0 aliphatic rings. The van der Waals surface area contributed by atoms with Gasteiger partial charge in [-0.2, -0.15) is 30.7 Å². The second-order valence-electron chi connectivity index (χ2n) is 8.10. The maximum absolute atomic E-state index is 13.6. The third kappa shape index (κ3) is 5.48. The van der Waals surface area contributed by atoms with E-state index in [1.807, 2.05) is 18.2 Å². The van der Waals surface area contributed by atoms with Crippen molar-refractivity contribution in [2.24, 2.45) is 0 Å². The van der Waals surface area contributed by atoms with Gasteiger partial charge in [0.2, 0.25) is 0 Å². The number of imidazole rings is 1. The number of carbonyl (C=O) groups is 1. The predicted molar refractivity (Wildman–Crippen MR) is 124 cm³/mol. The van der Waals surface area contributed by atoms with E-state index in [0.717, 1.165) is 11.8 Å². The fourth-order valence-electron chi connectivity index (χ4n) is 3.44. The van der Waals surface area contributed by atoms with Crippen LogP contribution in [-0.4, -0.2) is 40.0 Å². The highest BCUT2D eigenvalue weighted by Gasteiger charge is 2.72. The summed E-state index contributed by atoms with van der Waals surface area (Å²) >= 11 is 0. The van der Waals surface area contributed by atoms with E-state index in [0.29, 0.717) is 22.7 Å². The molecule has 1 N–H and O–H groups in total. The number of rotatable bonds is 8. The van der Waals surface area contributed by atoms with Crippen LogP contribution >= 0.6 is 0 Å². The van der Waals surface area contributed by atoms with Crippen molar-refractivity contribution in [3.8, 4) is 28.3 Å². The first-order chi connectivity index (χ1) is 17.9. The molecule has 0 radical (unpaired) electrons. The first-order valence-electron chi connectivity index (χ1n) is 11.0. The van der Waals surface area contributed by atoms with Gasteiger partial charge >= 0.3 is 18.0 Å². The molecular formula is C26H18F7N3O2. The van der Waals surface area contributed by atoms with E-state index in [1.165, 1.54) is 16.2 Å². The molecular weight excluding hydrogens is 519 g/mol. The predicted octanol–water partition coefficient (Wildman–Crippen LogP) is 6.89. The minimum Gasteiger partial charge on any atom is -0.457 e. The monoisotopic (exact) mass is 537 g/mol. The summed E-state index contributed by atoms with van der Waals surface area (Å²) in [5, 5.41) is 1.44. The normalized spacial score (nSPS) is 12.3. The summed E-state index contributed by atoms with van der Waals surface area (Å²) in [7, 11) is 0. The molecule has 0 aliphatic carbocycles. The summed E-state index contributed by atoms with van der Waals surface area (Å²) in [5.41, 5.74) is 1.49. The van der Waals surface area contributed by atoms with E-state index in [9.17, 15) is 35.5 Å². The quantitative estimate of drug-likeness (QED) is 0.249. The van der Waals surface area contributed by atoms with Crippen LogP contribution in [0.2, 0.25) is 0 Å². The Kier molecular flexibility index (Phi) is 7.16. The molecule has 38 heavy (non-hydrogen) atoms. The average Bonchev–Trinajstić information content (AvgIpc) is 3.38. The molecule has 5 nitrogen and oxygen atoms in total. The minimum absolute atomic E-state index is 0.347. The molecule has 1 heterocycles. The highest BCUT2D eigenvalue weighted by atomic mass is 19.4. The van der Waals surface area contributed by atoms with Crippen LogP contribution in [0.4, 0.5) is 30.7 Å². The molecule has 0 aliphatic heterocycles. The van der Waals surface area contributed by atoms with Gasteiger partial charge in [-0.15, -0.1) is 0 Å². The van der Waals surface area contributed by atoms with Gasteiger partial charge < -0.3 is 10.1 Å². The Morgan fingerprint density at radius 2 is 1.47 bits per heavy atom. The molecule has 0 atom stereocenters. The highest BCUT2D eigenvalue weighted by molar-refractivity contribution is 5.93. The smallest absolute Gasteiger partial charge is 0.457 e. The van der Waals surface area contributed by atoms with Crippen molar-refractivity contribution in [3.63, 3.8) is 0 Å². The number of nitrogens with one attached hydrogen (secondary N) is 1. The highest BCUT2D eigenvalue weighted by Crippen LogP contribution is 2.46. The van der Waals surface area contributed by atoms with Gasteiger partial charge in [-0.3, -0.25) is 9.36 Å². The number of aromatic nitrogens is 2. The summed E-state index contributed by atoms with van der Waals surface area (Å²) in [6.07, 6.45) is -4.35. The number of halogens is 7. The average molecular weight is 537 g/mol. The lowest BCUT2D eigenvalue weighted by Gasteiger charge is -2.28. The number of hydrogen-bond donors (Lipinski definition) is 1. The molecule has 4 aromatic rings. The van der Waals surface area contributed by atoms with E-state index in [1.54, 1.807) is 60.7 Å². The van der Waals surface area contributed by atoms with Crippen molar-refractivity contribution in [1.29, 1.82) is 0 Å². The Morgan fingerprint density at radius 1 is 0.816 bits per heavy atom. The Bertz CT molecular complexity index is 1400. The lowest BCUT2D eigenvalue weighted by Crippen LogP contribution is -2.56. The van der Waals surface area contributed by atoms with Crippen LogP contribution in [0.5, 0.6) is 11.5 Å². The van der Waals surface area contributed by atoms with Crippen molar-refractivity contribution in [2.45, 2.75) is 18.0 Å². The summed E-state index contributed by atoms with van der Waals surface area (Å²) in [6, 6.07) is 22.9. The third-order valence-corrected chi connectivity index (χ3v) is 5.45. The molecule has 0 unspecified atom stereocenters. The van der Waals surface area contributed by atoms with Crippen molar-refractivity contribution in [1.82, 2.24) is 14.9 Å². The lowest BCUT2D eigenvalue weighted by molar-refractivity contribution is -0.352. The van der Waals surface area contributed by atoms with Gasteiger partial charge in [-0.25, -0.2) is 4.98 Å². The Hall–Kier alpha value is -4.35. The minimum atomic E-state index is -6.49. The van der Waals surface area contributed by atoms with Crippen LogP contribution < -0.4 is 10.1 Å². The van der Waals surface area contributed by atoms with Gasteiger partial charge in [-0.1, -0.05) is 42.5 Å². The van der Waals surface area contributed by atoms with Gasteiger partial charge in [0, 0.05) is 5.69 Å². The third-order valence-electron chi connectivity index (χ3n) is 5.45. The molecule has 0 spiro atoms. The van der Waals surface area contributed by atoms with Gasteiger partial charge in [-0.05, 0) is 47.5 Å². The van der Waals surface area contributed by atoms with Gasteiger partial charge in [0.15, 0.2) is 0 Å². The molecule has 12 heteroatoms. The van der Waals surface area contributed by atoms with Crippen LogP contribution in [0.1, 0.15) is 10.5 Å². The van der Waals surface area contributed by atoms with Crippen LogP contribution in [-0.2, 0) is 0 Å². The van der Waals surface area contributed by atoms with E-state index < -0.39 is 30.5 Å². The summed E-state index contributed by atoms with van der Waals surface area (Å²) in [6.45, 7) is -2.24. The Balaban J connectivity index is 1.50. The fraction of sp³-hybridized carbons (Fsp3) is 0.154. The molecule has 0 bridgehead atoms. The number of hydrogen-bond acceptors (Lipinski definition) is 3. The largest absolute Gasteiger partial charge is 0.459 e. The Morgan fingerprint density at radius 3 is 2.13 bits per heavy atom. The van der Waals surface area contributed by atoms with Crippen LogP contribution in [0, 0.1) is 0 Å². The molecule has 4 rings (SSSR count). The van der Waals surface area contributed by atoms with E-state index in [-0.39, 0.29) is 5.69 Å². The SMILES string of the molecule is O=C(NCC(F)(F)C(F)(F)C(F)(F)F)c1cncn1-c1cccc(-c2ccc(Oc3ccccc3)cc2)c1. The number of amides is 1. The fourth-order valence-corrected chi connectivity index (χ4v) is 3.44. The standard InChI is InChI=1S/C26H18F7N3O2/c27-24(28,25(29,30)26(31,32)33)15-35-23(37)22-14-34-16-36(22)19-6-4-5-18(13-19)17-9-11-21(12-10-17)38-20-7-2-1-3-8-20/h1-14,16H,15H2,(H,35,37). The molecule has 3 aromatic carbocycles. The first kappa shape index (κ1) is 26.7. The number of benzene rings is 3. The van der Waals surface area contributed by atoms with Gasteiger partial charge in [0.25, 0.3) is 5.91 Å². The van der Waals surface area contributed by atoms with Crippen molar-refractivity contribution in [2.75, 3.05) is 6.54 Å². The van der Waals surface area contributed by atoms with E-state index in [2.05, 4.69) is 4.98 Å².